The number of halogens is 3. The molecule has 0 saturated heterocycles. The number of aromatic nitrogens is 3. The first kappa shape index (κ1) is 10.4. The first-order chi connectivity index (χ1) is 7.49. The molecule has 0 aliphatic carbocycles. The molecular weight excluding hydrogens is 221 g/mol. The third-order valence-electron chi connectivity index (χ3n) is 1.97. The van der Waals surface area contributed by atoms with Crippen molar-refractivity contribution >= 4 is 11.0 Å². The number of alkyl halides is 3. The Bertz CT molecular complexity index is 564. The summed E-state index contributed by atoms with van der Waals surface area (Å²) in [6.45, 7) is -1.21. The quantitative estimate of drug-likeness (QED) is 0.745. The minimum atomic E-state index is -4.36. The SMILES string of the molecule is N#Cc1ccc2nnn(CC(F)(F)F)c2c1. The molecule has 0 spiro atoms. The summed E-state index contributed by atoms with van der Waals surface area (Å²) >= 11 is 0. The van der Waals surface area contributed by atoms with Crippen molar-refractivity contribution in [3.8, 4) is 6.07 Å². The monoisotopic (exact) mass is 226 g/mol. The first-order valence-electron chi connectivity index (χ1n) is 4.30. The van der Waals surface area contributed by atoms with Crippen LogP contribution in [0.2, 0.25) is 0 Å². The number of fused-ring (bicyclic) bond motifs is 1. The molecule has 0 radical (unpaired) electrons. The zero-order chi connectivity index (χ0) is 11.8. The lowest BCUT2D eigenvalue weighted by atomic mass is 10.2. The molecule has 0 unspecified atom stereocenters. The van der Waals surface area contributed by atoms with Crippen LogP contribution in [0, 0.1) is 11.3 Å². The molecule has 0 aliphatic rings. The highest BCUT2D eigenvalue weighted by Crippen LogP contribution is 2.20. The van der Waals surface area contributed by atoms with E-state index in [2.05, 4.69) is 10.3 Å². The van der Waals surface area contributed by atoms with E-state index in [1.807, 2.05) is 6.07 Å². The highest BCUT2D eigenvalue weighted by Gasteiger charge is 2.29. The standard InChI is InChI=1S/C9H5F3N4/c10-9(11,12)5-16-8-3-6(4-13)1-2-7(8)14-15-16/h1-3H,5H2. The third kappa shape index (κ3) is 1.95. The van der Waals surface area contributed by atoms with Crippen LogP contribution in [0.25, 0.3) is 11.0 Å². The Balaban J connectivity index is 2.51. The average molecular weight is 226 g/mol. The Morgan fingerprint density at radius 1 is 1.38 bits per heavy atom. The zero-order valence-electron chi connectivity index (χ0n) is 7.86. The summed E-state index contributed by atoms with van der Waals surface area (Å²) in [5.74, 6) is 0. The van der Waals surface area contributed by atoms with Crippen molar-refractivity contribution in [3.63, 3.8) is 0 Å². The average Bonchev–Trinajstić information content (AvgIpc) is 2.58. The predicted octanol–water partition coefficient (Wildman–Crippen LogP) is 1.87. The highest BCUT2D eigenvalue weighted by molar-refractivity contribution is 5.75. The van der Waals surface area contributed by atoms with Gasteiger partial charge in [0.1, 0.15) is 12.1 Å². The largest absolute Gasteiger partial charge is 0.408 e. The molecule has 0 aliphatic heterocycles. The minimum Gasteiger partial charge on any atom is -0.235 e. The summed E-state index contributed by atoms with van der Waals surface area (Å²) in [5, 5.41) is 15.6. The third-order valence-corrected chi connectivity index (χ3v) is 1.97. The van der Waals surface area contributed by atoms with Gasteiger partial charge in [-0.15, -0.1) is 5.10 Å². The molecule has 0 saturated carbocycles. The van der Waals surface area contributed by atoms with Crippen molar-refractivity contribution in [2.45, 2.75) is 12.7 Å². The first-order valence-corrected chi connectivity index (χ1v) is 4.30. The van der Waals surface area contributed by atoms with Gasteiger partial charge < -0.3 is 0 Å². The van der Waals surface area contributed by atoms with Crippen LogP contribution in [0.15, 0.2) is 18.2 Å². The van der Waals surface area contributed by atoms with E-state index >= 15 is 0 Å². The molecule has 16 heavy (non-hydrogen) atoms. The smallest absolute Gasteiger partial charge is 0.235 e. The molecule has 0 fully saturated rings. The molecule has 0 N–H and O–H groups in total. The number of benzene rings is 1. The molecule has 1 heterocycles. The van der Waals surface area contributed by atoms with E-state index in [9.17, 15) is 13.2 Å². The predicted molar refractivity (Wildman–Crippen MR) is 48.3 cm³/mol. The molecule has 7 heteroatoms. The van der Waals surface area contributed by atoms with Gasteiger partial charge in [0.15, 0.2) is 0 Å². The van der Waals surface area contributed by atoms with E-state index in [-0.39, 0.29) is 11.1 Å². The molecule has 2 aromatic rings. The molecule has 0 atom stereocenters. The van der Waals surface area contributed by atoms with Crippen LogP contribution < -0.4 is 0 Å². The van der Waals surface area contributed by atoms with Crippen molar-refractivity contribution in [1.29, 1.82) is 5.26 Å². The van der Waals surface area contributed by atoms with E-state index < -0.39 is 12.7 Å². The van der Waals surface area contributed by atoms with E-state index in [4.69, 9.17) is 5.26 Å². The number of nitrogens with zero attached hydrogens (tertiary/aromatic N) is 4. The molecule has 1 aromatic carbocycles. The molecule has 1 aromatic heterocycles. The van der Waals surface area contributed by atoms with Crippen LogP contribution >= 0.6 is 0 Å². The van der Waals surface area contributed by atoms with Gasteiger partial charge >= 0.3 is 6.18 Å². The van der Waals surface area contributed by atoms with Gasteiger partial charge in [-0.05, 0) is 18.2 Å². The molecule has 4 nitrogen and oxygen atoms in total. The summed E-state index contributed by atoms with van der Waals surface area (Å²) in [6, 6.07) is 6.13. The second kappa shape index (κ2) is 3.48. The summed E-state index contributed by atoms with van der Waals surface area (Å²) in [7, 11) is 0. The maximum absolute atomic E-state index is 12.2. The number of nitriles is 1. The van der Waals surface area contributed by atoms with E-state index in [1.54, 1.807) is 0 Å². The molecule has 0 bridgehead atoms. The Labute approximate surface area is 87.9 Å². The summed E-state index contributed by atoms with van der Waals surface area (Å²) in [4.78, 5) is 0. The number of hydrogen-bond acceptors (Lipinski definition) is 3. The van der Waals surface area contributed by atoms with E-state index in [1.165, 1.54) is 18.2 Å². The van der Waals surface area contributed by atoms with Gasteiger partial charge in [-0.3, -0.25) is 0 Å². The second-order valence-corrected chi connectivity index (χ2v) is 3.18. The van der Waals surface area contributed by atoms with Crippen LogP contribution in [-0.2, 0) is 6.54 Å². The summed E-state index contributed by atoms with van der Waals surface area (Å²) in [6.07, 6.45) is -4.36. The molecular formula is C9H5F3N4. The second-order valence-electron chi connectivity index (χ2n) is 3.18. The fourth-order valence-electron chi connectivity index (χ4n) is 1.32. The molecule has 2 rings (SSSR count). The van der Waals surface area contributed by atoms with Gasteiger partial charge in [-0.1, -0.05) is 5.21 Å². The minimum absolute atomic E-state index is 0.205. The van der Waals surface area contributed by atoms with Gasteiger partial charge in [-0.2, -0.15) is 18.4 Å². The van der Waals surface area contributed by atoms with Crippen LogP contribution in [0.5, 0.6) is 0 Å². The summed E-state index contributed by atoms with van der Waals surface area (Å²) < 4.78 is 37.3. The van der Waals surface area contributed by atoms with Crippen LogP contribution in [-0.4, -0.2) is 21.2 Å². The molecule has 82 valence electrons. The Morgan fingerprint density at radius 3 is 2.75 bits per heavy atom. The lowest BCUT2D eigenvalue weighted by Gasteiger charge is -2.05. The van der Waals surface area contributed by atoms with Crippen molar-refractivity contribution < 1.29 is 13.2 Å². The fourth-order valence-corrected chi connectivity index (χ4v) is 1.32. The maximum atomic E-state index is 12.2. The zero-order valence-corrected chi connectivity index (χ0v) is 7.86. The Hall–Kier alpha value is -2.10. The van der Waals surface area contributed by atoms with Crippen molar-refractivity contribution in [3.05, 3.63) is 23.8 Å². The van der Waals surface area contributed by atoms with Crippen molar-refractivity contribution in [2.75, 3.05) is 0 Å². The fraction of sp³-hybridized carbons (Fsp3) is 0.222. The Kier molecular flexibility index (Phi) is 2.27. The number of hydrogen-bond donors (Lipinski definition) is 0. The van der Waals surface area contributed by atoms with Crippen LogP contribution in [0.3, 0.4) is 0 Å². The Morgan fingerprint density at radius 2 is 2.12 bits per heavy atom. The van der Waals surface area contributed by atoms with Crippen LogP contribution in [0.1, 0.15) is 5.56 Å². The molecule has 0 amide bonds. The lowest BCUT2D eigenvalue weighted by molar-refractivity contribution is -0.142. The summed E-state index contributed by atoms with van der Waals surface area (Å²) in [5.41, 5.74) is 0.817. The van der Waals surface area contributed by atoms with Crippen molar-refractivity contribution in [2.24, 2.45) is 0 Å². The van der Waals surface area contributed by atoms with Crippen LogP contribution in [0.4, 0.5) is 13.2 Å². The number of rotatable bonds is 1. The van der Waals surface area contributed by atoms with Crippen molar-refractivity contribution in [1.82, 2.24) is 15.0 Å². The maximum Gasteiger partial charge on any atom is 0.408 e. The van der Waals surface area contributed by atoms with Gasteiger partial charge in [0.05, 0.1) is 17.1 Å². The van der Waals surface area contributed by atoms with Gasteiger partial charge in [-0.25, -0.2) is 4.68 Å². The van der Waals surface area contributed by atoms with E-state index in [0.717, 1.165) is 4.68 Å². The van der Waals surface area contributed by atoms with E-state index in [0.29, 0.717) is 5.52 Å². The topological polar surface area (TPSA) is 54.5 Å². The van der Waals surface area contributed by atoms with Gasteiger partial charge in [0, 0.05) is 0 Å². The van der Waals surface area contributed by atoms with Gasteiger partial charge in [0.2, 0.25) is 0 Å². The highest BCUT2D eigenvalue weighted by atomic mass is 19.4. The normalized spacial score (nSPS) is 11.6. The van der Waals surface area contributed by atoms with Gasteiger partial charge in [0.25, 0.3) is 0 Å². The lowest BCUT2D eigenvalue weighted by Crippen LogP contribution is -2.18.